The lowest BCUT2D eigenvalue weighted by molar-refractivity contribution is -0.136. The minimum Gasteiger partial charge on any atom is -0.480 e. The highest BCUT2D eigenvalue weighted by Crippen LogP contribution is 2.45. The van der Waals surface area contributed by atoms with Crippen molar-refractivity contribution in [2.45, 2.75) is 22.8 Å². The Bertz CT molecular complexity index is 1100. The molecule has 0 spiro atoms. The van der Waals surface area contributed by atoms with Crippen molar-refractivity contribution in [3.63, 3.8) is 0 Å². The van der Waals surface area contributed by atoms with Gasteiger partial charge in [0.25, 0.3) is 0 Å². The number of amides is 1. The number of rotatable bonds is 3. The maximum absolute atomic E-state index is 12.7. The lowest BCUT2D eigenvalue weighted by atomic mass is 9.98. The third-order valence-electron chi connectivity index (χ3n) is 6.59. The van der Waals surface area contributed by atoms with Gasteiger partial charge < -0.3 is 14.7 Å². The van der Waals surface area contributed by atoms with Crippen LogP contribution < -0.4 is 0 Å². The van der Waals surface area contributed by atoms with E-state index in [0.717, 1.165) is 22.3 Å². The Morgan fingerprint density at radius 2 is 1.60 bits per heavy atom. The first kappa shape index (κ1) is 19.1. The molecule has 2 fully saturated rings. The van der Waals surface area contributed by atoms with Crippen LogP contribution in [0.2, 0.25) is 0 Å². The number of hydrogen-bond acceptors (Lipinski definition) is 5. The van der Waals surface area contributed by atoms with Crippen LogP contribution in [0.1, 0.15) is 23.5 Å². The maximum atomic E-state index is 12.7. The van der Waals surface area contributed by atoms with Gasteiger partial charge in [-0.05, 0) is 34.6 Å². The molecular formula is C22H21NO6S. The van der Waals surface area contributed by atoms with Crippen molar-refractivity contribution in [1.82, 2.24) is 4.90 Å². The molecule has 3 atom stereocenters. The third kappa shape index (κ3) is 2.81. The number of carbonyl (C=O) groups is 2. The number of carboxylic acids is 1. The highest BCUT2D eigenvalue weighted by Gasteiger charge is 2.55. The first-order chi connectivity index (χ1) is 14.4. The lowest BCUT2D eigenvalue weighted by Crippen LogP contribution is -2.37. The van der Waals surface area contributed by atoms with Crippen molar-refractivity contribution >= 4 is 21.9 Å². The molecule has 1 unspecified atom stereocenters. The number of ether oxygens (including phenoxy) is 1. The molecule has 1 amide bonds. The van der Waals surface area contributed by atoms with Gasteiger partial charge in [0.15, 0.2) is 15.1 Å². The van der Waals surface area contributed by atoms with Crippen molar-refractivity contribution in [2.24, 2.45) is 5.92 Å². The zero-order chi connectivity index (χ0) is 21.0. The fourth-order valence-electron chi connectivity index (χ4n) is 5.14. The predicted molar refractivity (Wildman–Crippen MR) is 109 cm³/mol. The van der Waals surface area contributed by atoms with Gasteiger partial charge in [-0.15, -0.1) is 0 Å². The number of carboxylic acid groups (broad SMARTS) is 1. The van der Waals surface area contributed by atoms with Crippen LogP contribution in [-0.4, -0.2) is 60.7 Å². The van der Waals surface area contributed by atoms with Crippen LogP contribution in [-0.2, 0) is 19.4 Å². The van der Waals surface area contributed by atoms with Crippen molar-refractivity contribution in [3.05, 3.63) is 59.7 Å². The van der Waals surface area contributed by atoms with E-state index < -0.39 is 32.4 Å². The van der Waals surface area contributed by atoms with Crippen LogP contribution in [0.25, 0.3) is 11.1 Å². The molecule has 7 nitrogen and oxygen atoms in total. The second-order valence-corrected chi connectivity index (χ2v) is 10.5. The third-order valence-corrected chi connectivity index (χ3v) is 9.15. The van der Waals surface area contributed by atoms with Crippen LogP contribution in [0, 0.1) is 5.92 Å². The molecule has 3 aliphatic rings. The number of likely N-dealkylation sites (tertiary alicyclic amines) is 1. The summed E-state index contributed by atoms with van der Waals surface area (Å²) in [4.78, 5) is 25.3. The molecule has 1 aliphatic carbocycles. The van der Waals surface area contributed by atoms with Gasteiger partial charge in [0.1, 0.15) is 6.61 Å². The number of aliphatic carboxylic acids is 1. The summed E-state index contributed by atoms with van der Waals surface area (Å²) in [7, 11) is -3.79. The van der Waals surface area contributed by atoms with E-state index in [1.807, 2.05) is 36.4 Å². The van der Waals surface area contributed by atoms with Gasteiger partial charge in [-0.3, -0.25) is 4.79 Å². The first-order valence-electron chi connectivity index (χ1n) is 9.93. The molecule has 2 aromatic rings. The van der Waals surface area contributed by atoms with Gasteiger partial charge in [0.2, 0.25) is 0 Å². The molecule has 1 N–H and O–H groups in total. The molecule has 5 rings (SSSR count). The largest absolute Gasteiger partial charge is 0.480 e. The summed E-state index contributed by atoms with van der Waals surface area (Å²) < 4.78 is 30.5. The Hall–Kier alpha value is -2.87. The van der Waals surface area contributed by atoms with Crippen molar-refractivity contribution in [2.75, 3.05) is 19.7 Å². The number of nitrogens with zero attached hydrogens (tertiary/aromatic N) is 1. The predicted octanol–water partition coefficient (Wildman–Crippen LogP) is 2.51. The van der Waals surface area contributed by atoms with E-state index >= 15 is 0 Å². The molecule has 0 bridgehead atoms. The van der Waals surface area contributed by atoms with Gasteiger partial charge >= 0.3 is 12.1 Å². The molecule has 156 valence electrons. The van der Waals surface area contributed by atoms with E-state index in [-0.39, 0.29) is 38.0 Å². The van der Waals surface area contributed by atoms with E-state index in [9.17, 15) is 18.0 Å². The molecule has 2 aliphatic heterocycles. The number of carbonyl (C=O) groups excluding carboxylic acids is 1. The average molecular weight is 427 g/mol. The summed E-state index contributed by atoms with van der Waals surface area (Å²) in [5.74, 6) is -1.72. The normalized spacial score (nSPS) is 26.1. The van der Waals surface area contributed by atoms with E-state index in [1.165, 1.54) is 4.90 Å². The summed E-state index contributed by atoms with van der Waals surface area (Å²) in [6, 6.07) is 16.1. The van der Waals surface area contributed by atoms with Crippen molar-refractivity contribution in [3.8, 4) is 11.1 Å². The minimum absolute atomic E-state index is 0.00649. The van der Waals surface area contributed by atoms with Crippen LogP contribution in [0.5, 0.6) is 0 Å². The van der Waals surface area contributed by atoms with E-state index in [1.54, 1.807) is 0 Å². The molecule has 8 heteroatoms. The molecule has 30 heavy (non-hydrogen) atoms. The second kappa shape index (κ2) is 6.84. The molecule has 0 radical (unpaired) electrons. The fourth-order valence-corrected chi connectivity index (χ4v) is 7.48. The maximum Gasteiger partial charge on any atom is 0.409 e. The van der Waals surface area contributed by atoms with Gasteiger partial charge in [0, 0.05) is 19.0 Å². The minimum atomic E-state index is -3.79. The highest BCUT2D eigenvalue weighted by atomic mass is 32.2. The fraction of sp³-hybridized carbons (Fsp3) is 0.364. The molecule has 0 saturated carbocycles. The quantitative estimate of drug-likeness (QED) is 0.808. The van der Waals surface area contributed by atoms with E-state index in [2.05, 4.69) is 12.1 Å². The zero-order valence-corrected chi connectivity index (χ0v) is 16.9. The smallest absolute Gasteiger partial charge is 0.409 e. The molecule has 2 aromatic carbocycles. The Labute approximate surface area is 174 Å². The van der Waals surface area contributed by atoms with Gasteiger partial charge in [-0.2, -0.15) is 0 Å². The van der Waals surface area contributed by atoms with Gasteiger partial charge in [-0.25, -0.2) is 13.2 Å². The van der Waals surface area contributed by atoms with Gasteiger partial charge in [-0.1, -0.05) is 48.5 Å². The number of sulfone groups is 1. The lowest BCUT2D eigenvalue weighted by Gasteiger charge is -2.20. The first-order valence-corrected chi connectivity index (χ1v) is 11.5. The number of fused-ring (bicyclic) bond motifs is 4. The summed E-state index contributed by atoms with van der Waals surface area (Å²) in [6.07, 6.45) is -0.497. The van der Waals surface area contributed by atoms with Gasteiger partial charge in [0.05, 0.1) is 5.25 Å². The summed E-state index contributed by atoms with van der Waals surface area (Å²) in [5, 5.41) is 6.98. The summed E-state index contributed by atoms with van der Waals surface area (Å²) in [5.41, 5.74) is 4.49. The van der Waals surface area contributed by atoms with Crippen LogP contribution in [0.3, 0.4) is 0 Å². The van der Waals surface area contributed by atoms with Crippen LogP contribution in [0.4, 0.5) is 4.79 Å². The standard InChI is InChI=1S/C22H21NO6S/c24-21(25)19-9-13-10-23(11-20(13)30(19,27)28)22(26)29-12-18-16-7-3-1-5-14(16)15-6-2-4-8-17(15)18/h1-8,13,18-20H,9-12H2,(H,24,25)/t13-,19?,20+/m1/s1. The highest BCUT2D eigenvalue weighted by molar-refractivity contribution is 7.93. The Morgan fingerprint density at radius 3 is 2.17 bits per heavy atom. The van der Waals surface area contributed by atoms with E-state index in [0.29, 0.717) is 0 Å². The zero-order valence-electron chi connectivity index (χ0n) is 16.1. The van der Waals surface area contributed by atoms with Crippen LogP contribution in [0.15, 0.2) is 48.5 Å². The SMILES string of the molecule is O=C(O)C1C[C@@H]2CN(C(=O)OCC3c4ccccc4-c4ccccc43)C[C@@H]2S1(=O)=O. The summed E-state index contributed by atoms with van der Waals surface area (Å²) in [6.45, 7) is 0.376. The molecule has 0 aromatic heterocycles. The van der Waals surface area contributed by atoms with Crippen molar-refractivity contribution < 1.29 is 27.9 Å². The average Bonchev–Trinajstić information content (AvgIpc) is 3.36. The molecule has 2 saturated heterocycles. The Kier molecular flexibility index (Phi) is 4.36. The Balaban J connectivity index is 1.29. The Morgan fingerprint density at radius 1 is 1.00 bits per heavy atom. The number of benzene rings is 2. The van der Waals surface area contributed by atoms with Crippen molar-refractivity contribution in [1.29, 1.82) is 0 Å². The second-order valence-electron chi connectivity index (χ2n) is 8.16. The summed E-state index contributed by atoms with van der Waals surface area (Å²) >= 11 is 0. The molecular weight excluding hydrogens is 406 g/mol. The molecule has 2 heterocycles. The number of hydrogen-bond donors (Lipinski definition) is 1. The van der Waals surface area contributed by atoms with E-state index in [4.69, 9.17) is 9.84 Å². The topological polar surface area (TPSA) is 101 Å². The van der Waals surface area contributed by atoms with Crippen LogP contribution >= 0.6 is 0 Å². The monoisotopic (exact) mass is 427 g/mol.